The van der Waals surface area contributed by atoms with Crippen molar-refractivity contribution in [3.63, 3.8) is 0 Å². The Bertz CT molecular complexity index is 756. The Morgan fingerprint density at radius 3 is 2.46 bits per heavy atom. The second-order valence-electron chi connectivity index (χ2n) is 5.46. The summed E-state index contributed by atoms with van der Waals surface area (Å²) >= 11 is 0. The Balaban J connectivity index is 2.85. The van der Waals surface area contributed by atoms with Crippen molar-refractivity contribution in [2.75, 3.05) is 19.7 Å². The summed E-state index contributed by atoms with van der Waals surface area (Å²) in [5.74, 6) is -1.13. The summed E-state index contributed by atoms with van der Waals surface area (Å²) in [5.41, 5.74) is 1.39. The van der Waals surface area contributed by atoms with Crippen LogP contribution in [0.25, 0.3) is 0 Å². The number of aryl methyl sites for hydroxylation is 1. The molecule has 132 valence electrons. The van der Waals surface area contributed by atoms with Gasteiger partial charge in [0.2, 0.25) is 10.0 Å². The molecular weight excluding hydrogens is 332 g/mol. The van der Waals surface area contributed by atoms with E-state index in [0.29, 0.717) is 18.7 Å². The van der Waals surface area contributed by atoms with E-state index in [2.05, 4.69) is 6.58 Å². The van der Waals surface area contributed by atoms with E-state index in [0.717, 1.165) is 11.6 Å². The molecule has 2 N–H and O–H groups in total. The zero-order chi connectivity index (χ0) is 18.5. The van der Waals surface area contributed by atoms with Crippen molar-refractivity contribution in [3.8, 4) is 0 Å². The van der Waals surface area contributed by atoms with Gasteiger partial charge in [0, 0.05) is 13.1 Å². The lowest BCUT2D eigenvalue weighted by Crippen LogP contribution is -2.35. The number of sulfonamides is 1. The number of ether oxygens (including phenoxy) is 1. The summed E-state index contributed by atoms with van der Waals surface area (Å²) in [7, 11) is -3.93. The average Bonchev–Trinajstić information content (AvgIpc) is 2.48. The van der Waals surface area contributed by atoms with Gasteiger partial charge in [-0.3, -0.25) is 4.79 Å². The molecule has 8 heteroatoms. The number of nitrogens with two attached hydrogens (primary N) is 1. The first kappa shape index (κ1) is 19.9. The van der Waals surface area contributed by atoms with Crippen molar-refractivity contribution < 1.29 is 22.7 Å². The number of hydrogen-bond acceptors (Lipinski definition) is 5. The first-order chi connectivity index (χ1) is 11.1. The van der Waals surface area contributed by atoms with Crippen LogP contribution in [0.4, 0.5) is 0 Å². The molecular formula is C16H22N2O5S. The highest BCUT2D eigenvalue weighted by Crippen LogP contribution is 2.15. The van der Waals surface area contributed by atoms with Crippen molar-refractivity contribution in [1.29, 1.82) is 0 Å². The SMILES string of the molecule is C=C(C)CN(CC)C(=O)COC(=O)c1cc(S(N)(=O)=O)ccc1C. The molecule has 0 aromatic heterocycles. The van der Waals surface area contributed by atoms with Crippen LogP contribution in [0.1, 0.15) is 29.8 Å². The maximum atomic E-state index is 12.1. The summed E-state index contributed by atoms with van der Waals surface area (Å²) in [6.45, 7) is 9.39. The third kappa shape index (κ3) is 5.47. The minimum absolute atomic E-state index is 0.0530. The number of esters is 1. The standard InChI is InChI=1S/C16H22N2O5S/c1-5-18(9-11(2)3)15(19)10-23-16(20)14-8-13(24(17,21)22)7-6-12(14)4/h6-8H,2,5,9-10H2,1,3-4H3,(H2,17,21,22). The summed E-state index contributed by atoms with van der Waals surface area (Å²) in [6.07, 6.45) is 0. The molecule has 24 heavy (non-hydrogen) atoms. The number of likely N-dealkylation sites (N-methyl/N-ethyl adjacent to an activating group) is 1. The van der Waals surface area contributed by atoms with Crippen molar-refractivity contribution in [3.05, 3.63) is 41.5 Å². The molecule has 7 nitrogen and oxygen atoms in total. The van der Waals surface area contributed by atoms with E-state index in [9.17, 15) is 18.0 Å². The predicted molar refractivity (Wildman–Crippen MR) is 89.9 cm³/mol. The molecule has 0 aliphatic heterocycles. The Morgan fingerprint density at radius 1 is 1.33 bits per heavy atom. The van der Waals surface area contributed by atoms with E-state index in [1.807, 2.05) is 6.92 Å². The van der Waals surface area contributed by atoms with Gasteiger partial charge in [-0.2, -0.15) is 0 Å². The van der Waals surface area contributed by atoms with Crippen LogP contribution in [-0.4, -0.2) is 44.9 Å². The van der Waals surface area contributed by atoms with Crippen LogP contribution in [0, 0.1) is 6.92 Å². The van der Waals surface area contributed by atoms with Crippen molar-refractivity contribution >= 4 is 21.9 Å². The first-order valence-electron chi connectivity index (χ1n) is 7.29. The maximum Gasteiger partial charge on any atom is 0.338 e. The van der Waals surface area contributed by atoms with Gasteiger partial charge in [0.1, 0.15) is 0 Å². The third-order valence-corrected chi connectivity index (χ3v) is 4.19. The van der Waals surface area contributed by atoms with Crippen LogP contribution in [0.2, 0.25) is 0 Å². The predicted octanol–water partition coefficient (Wildman–Crippen LogP) is 1.22. The van der Waals surface area contributed by atoms with Crippen LogP contribution in [0.3, 0.4) is 0 Å². The Labute approximate surface area is 142 Å². The molecule has 1 aromatic rings. The lowest BCUT2D eigenvalue weighted by atomic mass is 10.1. The molecule has 0 atom stereocenters. The lowest BCUT2D eigenvalue weighted by molar-refractivity contribution is -0.133. The fraction of sp³-hybridized carbons (Fsp3) is 0.375. The van der Waals surface area contributed by atoms with Gasteiger partial charge in [0.15, 0.2) is 6.61 Å². The van der Waals surface area contributed by atoms with Gasteiger partial charge >= 0.3 is 5.97 Å². The molecule has 1 rings (SSSR count). The highest BCUT2D eigenvalue weighted by molar-refractivity contribution is 7.89. The Morgan fingerprint density at radius 2 is 1.96 bits per heavy atom. The zero-order valence-electron chi connectivity index (χ0n) is 14.0. The molecule has 0 aliphatic rings. The van der Waals surface area contributed by atoms with Crippen molar-refractivity contribution in [1.82, 2.24) is 4.90 Å². The van der Waals surface area contributed by atoms with Crippen LogP contribution >= 0.6 is 0 Å². The van der Waals surface area contributed by atoms with E-state index in [1.54, 1.807) is 13.8 Å². The summed E-state index contributed by atoms with van der Waals surface area (Å²) in [5, 5.41) is 5.05. The van der Waals surface area contributed by atoms with E-state index >= 15 is 0 Å². The topological polar surface area (TPSA) is 107 Å². The van der Waals surface area contributed by atoms with Crippen LogP contribution in [0.15, 0.2) is 35.2 Å². The Hall–Kier alpha value is -2.19. The van der Waals surface area contributed by atoms with Gasteiger partial charge in [-0.1, -0.05) is 18.2 Å². The van der Waals surface area contributed by atoms with Crippen LogP contribution in [-0.2, 0) is 19.6 Å². The van der Waals surface area contributed by atoms with Gasteiger partial charge < -0.3 is 9.64 Å². The number of carbonyl (C=O) groups is 2. The van der Waals surface area contributed by atoms with Gasteiger partial charge in [-0.05, 0) is 38.5 Å². The molecule has 0 heterocycles. The minimum atomic E-state index is -3.93. The first-order valence-corrected chi connectivity index (χ1v) is 8.83. The number of nitrogens with zero attached hydrogens (tertiary/aromatic N) is 1. The monoisotopic (exact) mass is 354 g/mol. The van der Waals surface area contributed by atoms with Gasteiger partial charge in [-0.25, -0.2) is 18.4 Å². The normalized spacial score (nSPS) is 11.0. The molecule has 0 aliphatic carbocycles. The molecule has 0 fully saturated rings. The third-order valence-electron chi connectivity index (χ3n) is 3.28. The van der Waals surface area contributed by atoms with E-state index in [4.69, 9.17) is 9.88 Å². The molecule has 0 bridgehead atoms. The summed E-state index contributed by atoms with van der Waals surface area (Å²) < 4.78 is 27.8. The summed E-state index contributed by atoms with van der Waals surface area (Å²) in [4.78, 5) is 25.5. The van der Waals surface area contributed by atoms with Gasteiger partial charge in [0.05, 0.1) is 10.5 Å². The van der Waals surface area contributed by atoms with Crippen LogP contribution < -0.4 is 5.14 Å². The summed E-state index contributed by atoms with van der Waals surface area (Å²) in [6, 6.07) is 3.90. The number of rotatable bonds is 7. The number of primary sulfonamides is 1. The van der Waals surface area contributed by atoms with Crippen molar-refractivity contribution in [2.45, 2.75) is 25.7 Å². The molecule has 1 amide bonds. The van der Waals surface area contributed by atoms with Crippen molar-refractivity contribution in [2.24, 2.45) is 5.14 Å². The second kappa shape index (κ2) is 8.07. The largest absolute Gasteiger partial charge is 0.452 e. The average molecular weight is 354 g/mol. The molecule has 0 radical (unpaired) electrons. The quantitative estimate of drug-likeness (QED) is 0.585. The second-order valence-corrected chi connectivity index (χ2v) is 7.02. The number of amides is 1. The number of hydrogen-bond donors (Lipinski definition) is 1. The maximum absolute atomic E-state index is 12.1. The van der Waals surface area contributed by atoms with Gasteiger partial charge in [0.25, 0.3) is 5.91 Å². The molecule has 0 unspecified atom stereocenters. The molecule has 1 aromatic carbocycles. The fourth-order valence-electron chi connectivity index (χ4n) is 2.00. The minimum Gasteiger partial charge on any atom is -0.452 e. The van der Waals surface area contributed by atoms with E-state index < -0.39 is 22.6 Å². The van der Waals surface area contributed by atoms with E-state index in [1.165, 1.54) is 17.0 Å². The Kier molecular flexibility index (Phi) is 6.68. The molecule has 0 saturated carbocycles. The zero-order valence-corrected chi connectivity index (χ0v) is 14.9. The van der Waals surface area contributed by atoms with E-state index in [-0.39, 0.29) is 16.4 Å². The number of carbonyl (C=O) groups excluding carboxylic acids is 2. The highest BCUT2D eigenvalue weighted by Gasteiger charge is 2.18. The van der Waals surface area contributed by atoms with Crippen LogP contribution in [0.5, 0.6) is 0 Å². The molecule has 0 spiro atoms. The highest BCUT2D eigenvalue weighted by atomic mass is 32.2. The molecule has 0 saturated heterocycles. The van der Waals surface area contributed by atoms with Gasteiger partial charge in [-0.15, -0.1) is 0 Å². The lowest BCUT2D eigenvalue weighted by Gasteiger charge is -2.20. The smallest absolute Gasteiger partial charge is 0.338 e. The fourth-order valence-corrected chi connectivity index (χ4v) is 2.54. The number of benzene rings is 1.